The third-order valence-corrected chi connectivity index (χ3v) is 1.75. The Hall–Kier alpha value is -0.320. The summed E-state index contributed by atoms with van der Waals surface area (Å²) in [5.41, 5.74) is 0. The zero-order valence-corrected chi connectivity index (χ0v) is 8.73. The first kappa shape index (κ1) is 12.7. The van der Waals surface area contributed by atoms with E-state index in [1.54, 1.807) is 6.92 Å². The molecule has 0 aromatic rings. The Labute approximate surface area is 84.4 Å². The lowest BCUT2D eigenvalue weighted by atomic mass is 10.2. The van der Waals surface area contributed by atoms with Crippen LogP contribution >= 0.6 is 12.4 Å². The van der Waals surface area contributed by atoms with Gasteiger partial charge in [-0.2, -0.15) is 0 Å². The first-order valence-corrected chi connectivity index (χ1v) is 4.25. The van der Waals surface area contributed by atoms with Crippen molar-refractivity contribution in [1.29, 1.82) is 0 Å². The van der Waals surface area contributed by atoms with E-state index >= 15 is 0 Å². The molecule has 1 rings (SSSR count). The van der Waals surface area contributed by atoms with Crippen molar-refractivity contribution in [2.75, 3.05) is 19.8 Å². The zero-order valence-electron chi connectivity index (χ0n) is 7.91. The van der Waals surface area contributed by atoms with Gasteiger partial charge in [-0.15, -0.1) is 12.4 Å². The summed E-state index contributed by atoms with van der Waals surface area (Å²) in [7, 11) is 0. The molecule has 0 aromatic heterocycles. The molecule has 4 nitrogen and oxygen atoms in total. The fourth-order valence-electron chi connectivity index (χ4n) is 1.07. The van der Waals surface area contributed by atoms with Crippen molar-refractivity contribution in [1.82, 2.24) is 5.32 Å². The van der Waals surface area contributed by atoms with Crippen molar-refractivity contribution < 1.29 is 14.3 Å². The summed E-state index contributed by atoms with van der Waals surface area (Å²) in [5, 5.41) is 3.15. The maximum atomic E-state index is 11.1. The molecule has 5 heteroatoms. The second-order valence-corrected chi connectivity index (χ2v) is 2.88. The molecule has 1 fully saturated rings. The van der Waals surface area contributed by atoms with Crippen molar-refractivity contribution in [3.05, 3.63) is 0 Å². The Bertz CT molecular complexity index is 157. The SMILES string of the molecule is CCOC(=O)[C@@H]1CNC(C)CO1.Cl. The quantitative estimate of drug-likeness (QED) is 0.667. The van der Waals surface area contributed by atoms with Crippen LogP contribution in [0.15, 0.2) is 0 Å². The van der Waals surface area contributed by atoms with E-state index in [1.807, 2.05) is 6.92 Å². The molecule has 0 saturated carbocycles. The molecule has 0 aromatic carbocycles. The summed E-state index contributed by atoms with van der Waals surface area (Å²) >= 11 is 0. The first-order valence-electron chi connectivity index (χ1n) is 4.25. The number of carbonyl (C=O) groups is 1. The standard InChI is InChI=1S/C8H15NO3.ClH/c1-3-11-8(10)7-4-9-6(2)5-12-7;/h6-7,9H,3-5H2,1-2H3;1H/t6?,7-;/m0./s1. The smallest absolute Gasteiger partial charge is 0.336 e. The molecule has 1 saturated heterocycles. The molecule has 78 valence electrons. The number of ether oxygens (including phenoxy) is 2. The number of halogens is 1. The third kappa shape index (κ3) is 3.93. The highest BCUT2D eigenvalue weighted by Crippen LogP contribution is 2.02. The molecule has 1 unspecified atom stereocenters. The second kappa shape index (κ2) is 6.18. The first-order chi connectivity index (χ1) is 5.74. The van der Waals surface area contributed by atoms with E-state index in [4.69, 9.17) is 9.47 Å². The lowest BCUT2D eigenvalue weighted by Gasteiger charge is -2.26. The molecular weight excluding hydrogens is 194 g/mol. The second-order valence-electron chi connectivity index (χ2n) is 2.88. The molecule has 1 aliphatic heterocycles. The number of carbonyl (C=O) groups excluding carboxylic acids is 1. The highest BCUT2D eigenvalue weighted by atomic mass is 35.5. The van der Waals surface area contributed by atoms with Crippen LogP contribution in [0.4, 0.5) is 0 Å². The van der Waals surface area contributed by atoms with Crippen LogP contribution < -0.4 is 5.32 Å². The summed E-state index contributed by atoms with van der Waals surface area (Å²) in [6.07, 6.45) is -0.416. The molecule has 0 spiro atoms. The van der Waals surface area contributed by atoms with Gasteiger partial charge in [0.1, 0.15) is 0 Å². The summed E-state index contributed by atoms with van der Waals surface area (Å²) in [6, 6.07) is 0.329. The van der Waals surface area contributed by atoms with E-state index in [0.717, 1.165) is 0 Å². The van der Waals surface area contributed by atoms with Crippen molar-refractivity contribution in [2.24, 2.45) is 0 Å². The van der Waals surface area contributed by atoms with E-state index < -0.39 is 6.10 Å². The number of esters is 1. The van der Waals surface area contributed by atoms with E-state index in [9.17, 15) is 4.79 Å². The van der Waals surface area contributed by atoms with Gasteiger partial charge in [0, 0.05) is 12.6 Å². The van der Waals surface area contributed by atoms with Gasteiger partial charge in [-0.1, -0.05) is 0 Å². The average Bonchev–Trinajstić information content (AvgIpc) is 2.06. The van der Waals surface area contributed by atoms with Crippen molar-refractivity contribution in [2.45, 2.75) is 26.0 Å². The Balaban J connectivity index is 0.00000144. The van der Waals surface area contributed by atoms with Gasteiger partial charge in [-0.3, -0.25) is 0 Å². The predicted molar refractivity (Wildman–Crippen MR) is 51.1 cm³/mol. The van der Waals surface area contributed by atoms with Crippen LogP contribution in [0.3, 0.4) is 0 Å². The van der Waals surface area contributed by atoms with E-state index in [-0.39, 0.29) is 18.4 Å². The Morgan fingerprint density at radius 1 is 1.69 bits per heavy atom. The maximum absolute atomic E-state index is 11.1. The Morgan fingerprint density at radius 2 is 2.38 bits per heavy atom. The van der Waals surface area contributed by atoms with Gasteiger partial charge in [0.15, 0.2) is 6.10 Å². The molecular formula is C8H16ClNO3. The topological polar surface area (TPSA) is 47.6 Å². The molecule has 0 bridgehead atoms. The lowest BCUT2D eigenvalue weighted by Crippen LogP contribution is -2.48. The number of nitrogens with one attached hydrogen (secondary N) is 1. The largest absolute Gasteiger partial charge is 0.464 e. The van der Waals surface area contributed by atoms with Gasteiger partial charge in [0.25, 0.3) is 0 Å². The molecule has 0 amide bonds. The lowest BCUT2D eigenvalue weighted by molar-refractivity contribution is -0.159. The minimum atomic E-state index is -0.416. The van der Waals surface area contributed by atoms with Crippen LogP contribution in [0.2, 0.25) is 0 Å². The number of hydrogen-bond acceptors (Lipinski definition) is 4. The van der Waals surface area contributed by atoms with E-state index in [0.29, 0.717) is 25.8 Å². The van der Waals surface area contributed by atoms with Gasteiger partial charge in [0.05, 0.1) is 13.2 Å². The highest BCUT2D eigenvalue weighted by Gasteiger charge is 2.25. The monoisotopic (exact) mass is 209 g/mol. The van der Waals surface area contributed by atoms with E-state index in [2.05, 4.69) is 5.32 Å². The van der Waals surface area contributed by atoms with Crippen LogP contribution in [0.1, 0.15) is 13.8 Å². The van der Waals surface area contributed by atoms with Crippen molar-refractivity contribution in [3.8, 4) is 0 Å². The molecule has 2 atom stereocenters. The molecule has 0 aliphatic carbocycles. The average molecular weight is 210 g/mol. The Kier molecular flexibility index (Phi) is 6.03. The number of morpholine rings is 1. The summed E-state index contributed by atoms with van der Waals surface area (Å²) in [6.45, 7) is 5.34. The van der Waals surface area contributed by atoms with Crippen LogP contribution in [-0.2, 0) is 14.3 Å². The van der Waals surface area contributed by atoms with Gasteiger partial charge in [-0.25, -0.2) is 4.79 Å². The summed E-state index contributed by atoms with van der Waals surface area (Å²) in [5.74, 6) is -0.267. The molecule has 1 aliphatic rings. The fourth-order valence-corrected chi connectivity index (χ4v) is 1.07. The van der Waals surface area contributed by atoms with E-state index in [1.165, 1.54) is 0 Å². The number of rotatable bonds is 2. The van der Waals surface area contributed by atoms with Crippen molar-refractivity contribution in [3.63, 3.8) is 0 Å². The van der Waals surface area contributed by atoms with Crippen molar-refractivity contribution >= 4 is 18.4 Å². The van der Waals surface area contributed by atoms with Crippen LogP contribution in [0.5, 0.6) is 0 Å². The fraction of sp³-hybridized carbons (Fsp3) is 0.875. The van der Waals surface area contributed by atoms with Crippen LogP contribution in [0.25, 0.3) is 0 Å². The molecule has 0 radical (unpaired) electrons. The minimum Gasteiger partial charge on any atom is -0.464 e. The predicted octanol–water partition coefficient (Wildman–Crippen LogP) is 0.348. The van der Waals surface area contributed by atoms with Gasteiger partial charge in [0.2, 0.25) is 0 Å². The van der Waals surface area contributed by atoms with Gasteiger partial charge in [-0.05, 0) is 13.8 Å². The highest BCUT2D eigenvalue weighted by molar-refractivity contribution is 5.85. The zero-order chi connectivity index (χ0) is 8.97. The summed E-state index contributed by atoms with van der Waals surface area (Å²) < 4.78 is 10.1. The third-order valence-electron chi connectivity index (χ3n) is 1.75. The van der Waals surface area contributed by atoms with Crippen LogP contribution in [-0.4, -0.2) is 37.9 Å². The molecule has 1 heterocycles. The molecule has 1 N–H and O–H groups in total. The maximum Gasteiger partial charge on any atom is 0.336 e. The van der Waals surface area contributed by atoms with Gasteiger partial charge >= 0.3 is 5.97 Å². The minimum absolute atomic E-state index is 0. The Morgan fingerprint density at radius 3 is 2.85 bits per heavy atom. The number of hydrogen-bond donors (Lipinski definition) is 1. The molecule has 13 heavy (non-hydrogen) atoms. The van der Waals surface area contributed by atoms with Gasteiger partial charge < -0.3 is 14.8 Å². The summed E-state index contributed by atoms with van der Waals surface area (Å²) in [4.78, 5) is 11.1. The van der Waals surface area contributed by atoms with Crippen LogP contribution in [0, 0.1) is 0 Å². The normalized spacial score (nSPS) is 27.5.